The van der Waals surface area contributed by atoms with Crippen LogP contribution in [-0.4, -0.2) is 69.1 Å². The van der Waals surface area contributed by atoms with Gasteiger partial charge in [-0.05, 0) is 6.92 Å². The summed E-state index contributed by atoms with van der Waals surface area (Å²) in [5.74, 6) is -4.79. The molecule has 0 aliphatic heterocycles. The Kier molecular flexibility index (Phi) is 8.45. The van der Waals surface area contributed by atoms with E-state index in [1.165, 1.54) is 6.92 Å². The van der Waals surface area contributed by atoms with Gasteiger partial charge in [0.05, 0.1) is 18.6 Å². The lowest BCUT2D eigenvalue weighted by atomic mass is 10.1. The molecule has 0 heterocycles. The number of nitrogens with two attached hydrogens (primary N) is 1. The fourth-order valence-electron chi connectivity index (χ4n) is 1.38. The molecule has 126 valence electrons. The minimum Gasteiger partial charge on any atom is -0.481 e. The molecule has 4 unspecified atom stereocenters. The van der Waals surface area contributed by atoms with Crippen LogP contribution in [-0.2, 0) is 19.2 Å². The molecule has 0 aliphatic rings. The van der Waals surface area contributed by atoms with E-state index in [1.54, 1.807) is 0 Å². The first-order valence-corrected chi connectivity index (χ1v) is 6.83. The van der Waals surface area contributed by atoms with E-state index >= 15 is 0 Å². The first-order chi connectivity index (χ1) is 10.1. The van der Waals surface area contributed by atoms with Gasteiger partial charge in [-0.15, -0.1) is 0 Å². The SMILES string of the molecule is CC(O)C(NC(=O)C(N)CS)C(=O)NC(CC(=O)O)C(=O)O. The monoisotopic (exact) mass is 337 g/mol. The highest BCUT2D eigenvalue weighted by molar-refractivity contribution is 7.80. The van der Waals surface area contributed by atoms with Gasteiger partial charge in [0.1, 0.15) is 12.1 Å². The van der Waals surface area contributed by atoms with E-state index in [-0.39, 0.29) is 5.75 Å². The predicted molar refractivity (Wildman–Crippen MR) is 77.3 cm³/mol. The van der Waals surface area contributed by atoms with E-state index < -0.39 is 54.4 Å². The maximum atomic E-state index is 11.9. The van der Waals surface area contributed by atoms with Crippen molar-refractivity contribution in [2.75, 3.05) is 5.75 Å². The molecule has 0 aromatic heterocycles. The van der Waals surface area contributed by atoms with E-state index in [2.05, 4.69) is 17.9 Å². The molecule has 0 aromatic carbocycles. The number of thiol groups is 1. The van der Waals surface area contributed by atoms with Crippen LogP contribution in [0.4, 0.5) is 0 Å². The van der Waals surface area contributed by atoms with Gasteiger partial charge < -0.3 is 31.7 Å². The lowest BCUT2D eigenvalue weighted by Gasteiger charge is -2.23. The van der Waals surface area contributed by atoms with Crippen molar-refractivity contribution in [2.45, 2.75) is 37.6 Å². The number of nitrogens with one attached hydrogen (secondary N) is 2. The van der Waals surface area contributed by atoms with Crippen molar-refractivity contribution >= 4 is 36.4 Å². The fourth-order valence-corrected chi connectivity index (χ4v) is 1.55. The highest BCUT2D eigenvalue weighted by atomic mass is 32.1. The quantitative estimate of drug-likeness (QED) is 0.220. The minimum atomic E-state index is -1.69. The third kappa shape index (κ3) is 6.74. The largest absolute Gasteiger partial charge is 0.481 e. The Hall–Kier alpha value is -1.85. The summed E-state index contributed by atoms with van der Waals surface area (Å²) in [6.45, 7) is 1.20. The Morgan fingerprint density at radius 2 is 1.68 bits per heavy atom. The number of aliphatic hydroxyl groups is 1. The normalized spacial score (nSPS) is 16.0. The summed E-state index contributed by atoms with van der Waals surface area (Å²) in [6.07, 6.45) is -2.20. The summed E-state index contributed by atoms with van der Waals surface area (Å²) in [7, 11) is 0. The van der Waals surface area contributed by atoms with Crippen LogP contribution in [0, 0.1) is 0 Å². The number of aliphatic carboxylic acids is 2. The number of carboxylic acid groups (broad SMARTS) is 2. The molecule has 2 amide bonds. The summed E-state index contributed by atoms with van der Waals surface area (Å²) >= 11 is 3.81. The van der Waals surface area contributed by atoms with E-state index in [0.29, 0.717) is 0 Å². The topological polar surface area (TPSA) is 179 Å². The summed E-state index contributed by atoms with van der Waals surface area (Å²) < 4.78 is 0. The van der Waals surface area contributed by atoms with Crippen LogP contribution in [0.2, 0.25) is 0 Å². The van der Waals surface area contributed by atoms with Gasteiger partial charge >= 0.3 is 11.9 Å². The molecule has 4 atom stereocenters. The van der Waals surface area contributed by atoms with Crippen LogP contribution >= 0.6 is 12.6 Å². The zero-order valence-corrected chi connectivity index (χ0v) is 12.6. The molecule has 11 heteroatoms. The third-order valence-electron chi connectivity index (χ3n) is 2.59. The van der Waals surface area contributed by atoms with Gasteiger partial charge in [-0.25, -0.2) is 4.79 Å². The molecule has 0 rings (SSSR count). The second-order valence-electron chi connectivity index (χ2n) is 4.51. The number of carboxylic acids is 2. The van der Waals surface area contributed by atoms with Crippen molar-refractivity contribution in [1.82, 2.24) is 10.6 Å². The molecule has 0 aliphatic carbocycles. The standard InChI is InChI=1S/C11H19N3O7S/c1-4(15)8(14-9(18)5(12)3-22)10(19)13-6(11(20)21)2-7(16)17/h4-6,8,15,22H,2-3,12H2,1H3,(H,13,19)(H,14,18)(H,16,17)(H,20,21). The van der Waals surface area contributed by atoms with E-state index in [1.807, 2.05) is 5.32 Å². The molecule has 0 saturated carbocycles. The predicted octanol–water partition coefficient (Wildman–Crippen LogP) is -2.85. The number of carbonyl (C=O) groups is 4. The highest BCUT2D eigenvalue weighted by Gasteiger charge is 2.31. The number of hydrogen-bond acceptors (Lipinski definition) is 7. The number of hydrogen-bond donors (Lipinski definition) is 7. The van der Waals surface area contributed by atoms with Crippen molar-refractivity contribution in [2.24, 2.45) is 5.73 Å². The Bertz CT molecular complexity index is 443. The molecule has 10 nitrogen and oxygen atoms in total. The smallest absolute Gasteiger partial charge is 0.326 e. The Morgan fingerprint density at radius 1 is 1.14 bits per heavy atom. The molecule has 0 spiro atoms. The Balaban J connectivity index is 4.95. The highest BCUT2D eigenvalue weighted by Crippen LogP contribution is 1.99. The van der Waals surface area contributed by atoms with Gasteiger partial charge in [0.25, 0.3) is 0 Å². The third-order valence-corrected chi connectivity index (χ3v) is 2.98. The van der Waals surface area contributed by atoms with Gasteiger partial charge in [-0.2, -0.15) is 12.6 Å². The summed E-state index contributed by atoms with van der Waals surface area (Å²) in [5.41, 5.74) is 5.41. The van der Waals surface area contributed by atoms with Crippen LogP contribution in [0.5, 0.6) is 0 Å². The zero-order valence-electron chi connectivity index (χ0n) is 11.7. The van der Waals surface area contributed by atoms with Crippen molar-refractivity contribution in [3.8, 4) is 0 Å². The number of rotatable bonds is 9. The second kappa shape index (κ2) is 9.23. The molecule has 0 fully saturated rings. The molecule has 0 radical (unpaired) electrons. The van der Waals surface area contributed by atoms with E-state index in [4.69, 9.17) is 15.9 Å². The zero-order chi connectivity index (χ0) is 17.4. The number of carbonyl (C=O) groups excluding carboxylic acids is 2. The van der Waals surface area contributed by atoms with Crippen molar-refractivity contribution in [3.05, 3.63) is 0 Å². The van der Waals surface area contributed by atoms with E-state index in [9.17, 15) is 24.3 Å². The minimum absolute atomic E-state index is 0.00323. The first kappa shape index (κ1) is 20.1. The van der Waals surface area contributed by atoms with Crippen molar-refractivity contribution in [3.63, 3.8) is 0 Å². The first-order valence-electron chi connectivity index (χ1n) is 6.20. The molecule has 0 saturated heterocycles. The van der Waals surface area contributed by atoms with Crippen molar-refractivity contribution in [1.29, 1.82) is 0 Å². The summed E-state index contributed by atoms with van der Waals surface area (Å²) in [5, 5.41) is 31.0. The number of aliphatic hydroxyl groups excluding tert-OH is 1. The lowest BCUT2D eigenvalue weighted by molar-refractivity contribution is -0.147. The maximum Gasteiger partial charge on any atom is 0.326 e. The van der Waals surface area contributed by atoms with Crippen LogP contribution in [0.15, 0.2) is 0 Å². The average Bonchev–Trinajstić information content (AvgIpc) is 2.41. The Morgan fingerprint density at radius 3 is 2.05 bits per heavy atom. The second-order valence-corrected chi connectivity index (χ2v) is 4.88. The van der Waals surface area contributed by atoms with Crippen LogP contribution in [0.25, 0.3) is 0 Å². The van der Waals surface area contributed by atoms with Gasteiger partial charge in [-0.3, -0.25) is 14.4 Å². The summed E-state index contributed by atoms with van der Waals surface area (Å²) in [6, 6.07) is -4.19. The van der Waals surface area contributed by atoms with Crippen LogP contribution in [0.1, 0.15) is 13.3 Å². The molecule has 0 bridgehead atoms. The summed E-state index contributed by atoms with van der Waals surface area (Å²) in [4.78, 5) is 45.0. The van der Waals surface area contributed by atoms with Crippen LogP contribution in [0.3, 0.4) is 0 Å². The van der Waals surface area contributed by atoms with E-state index in [0.717, 1.165) is 0 Å². The maximum absolute atomic E-state index is 11.9. The van der Waals surface area contributed by atoms with Gasteiger partial charge in [0.2, 0.25) is 11.8 Å². The van der Waals surface area contributed by atoms with Gasteiger partial charge in [0, 0.05) is 5.75 Å². The fraction of sp³-hybridized carbons (Fsp3) is 0.636. The average molecular weight is 337 g/mol. The molecule has 7 N–H and O–H groups in total. The Labute approximate surface area is 131 Å². The molecule has 0 aromatic rings. The van der Waals surface area contributed by atoms with Gasteiger partial charge in [-0.1, -0.05) is 0 Å². The lowest BCUT2D eigenvalue weighted by Crippen LogP contribution is -2.58. The van der Waals surface area contributed by atoms with Gasteiger partial charge in [0.15, 0.2) is 0 Å². The molecule has 22 heavy (non-hydrogen) atoms. The molecular weight excluding hydrogens is 318 g/mol. The van der Waals surface area contributed by atoms with Crippen LogP contribution < -0.4 is 16.4 Å². The van der Waals surface area contributed by atoms with Crippen molar-refractivity contribution < 1.29 is 34.5 Å². The molecular formula is C11H19N3O7S. The number of amides is 2.